The third kappa shape index (κ3) is 3.11. The van der Waals surface area contributed by atoms with Gasteiger partial charge in [-0.15, -0.1) is 0 Å². The van der Waals surface area contributed by atoms with Crippen LogP contribution >= 0.6 is 0 Å². The molecule has 0 aliphatic rings. The van der Waals surface area contributed by atoms with Crippen LogP contribution in [0.25, 0.3) is 11.1 Å². The van der Waals surface area contributed by atoms with Crippen LogP contribution in [0.3, 0.4) is 0 Å². The molecule has 3 aromatic rings. The lowest BCUT2D eigenvalue weighted by Crippen LogP contribution is -2.12. The fourth-order valence-electron chi connectivity index (χ4n) is 2.66. The second-order valence-electron chi connectivity index (χ2n) is 5.50. The minimum absolute atomic E-state index is 0.0847. The molecular formula is C19H15F2N3O2. The standard InChI is InChI=1S/C19H15F2N3O2/c1-11-5-7-22-10-15(11)13-6-8-23-19(17(13)21)18(24-25)14-9-12(20)3-4-16(14)26-2/h3-10,25H,1-2H3. The van der Waals surface area contributed by atoms with Crippen LogP contribution in [0.15, 0.2) is 54.1 Å². The smallest absolute Gasteiger partial charge is 0.159 e. The molecule has 0 aliphatic heterocycles. The predicted octanol–water partition coefficient (Wildman–Crippen LogP) is 3.97. The lowest BCUT2D eigenvalue weighted by atomic mass is 9.99. The van der Waals surface area contributed by atoms with Crippen molar-refractivity contribution in [2.45, 2.75) is 6.92 Å². The van der Waals surface area contributed by atoms with Crippen molar-refractivity contribution >= 4 is 5.71 Å². The Bertz CT molecular complexity index is 990. The molecule has 2 heterocycles. The molecule has 0 fully saturated rings. The van der Waals surface area contributed by atoms with E-state index < -0.39 is 11.6 Å². The minimum atomic E-state index is -0.706. The molecule has 3 rings (SSSR count). The van der Waals surface area contributed by atoms with Crippen LogP contribution in [0.5, 0.6) is 5.75 Å². The molecule has 0 saturated heterocycles. The summed E-state index contributed by atoms with van der Waals surface area (Å²) in [5, 5.41) is 12.6. The SMILES string of the molecule is COc1ccc(F)cc1C(=NO)c1nccc(-c2cnccc2C)c1F. The molecule has 0 spiro atoms. The summed E-state index contributed by atoms with van der Waals surface area (Å²) >= 11 is 0. The summed E-state index contributed by atoms with van der Waals surface area (Å²) in [5.41, 5.74) is 1.27. The lowest BCUT2D eigenvalue weighted by Gasteiger charge is -2.13. The zero-order valence-electron chi connectivity index (χ0n) is 14.1. The molecule has 0 unspecified atom stereocenters. The van der Waals surface area contributed by atoms with E-state index in [0.717, 1.165) is 11.6 Å². The second kappa shape index (κ2) is 7.26. The number of aryl methyl sites for hydroxylation is 1. The average molecular weight is 355 g/mol. The summed E-state index contributed by atoms with van der Waals surface area (Å²) in [5.74, 6) is -1.06. The predicted molar refractivity (Wildman–Crippen MR) is 92.5 cm³/mol. The number of nitrogens with zero attached hydrogens (tertiary/aromatic N) is 3. The molecule has 132 valence electrons. The van der Waals surface area contributed by atoms with Crippen LogP contribution in [0.4, 0.5) is 8.78 Å². The fourth-order valence-corrected chi connectivity index (χ4v) is 2.66. The van der Waals surface area contributed by atoms with Crippen molar-refractivity contribution in [2.24, 2.45) is 5.16 Å². The van der Waals surface area contributed by atoms with Gasteiger partial charge in [0.1, 0.15) is 23.0 Å². The first-order chi connectivity index (χ1) is 12.6. The number of benzene rings is 1. The first kappa shape index (κ1) is 17.5. The van der Waals surface area contributed by atoms with Crippen LogP contribution in [0.1, 0.15) is 16.8 Å². The molecule has 0 atom stereocenters. The average Bonchev–Trinajstić information content (AvgIpc) is 2.65. The molecule has 1 aromatic carbocycles. The van der Waals surface area contributed by atoms with Crippen LogP contribution in [-0.2, 0) is 0 Å². The summed E-state index contributed by atoms with van der Waals surface area (Å²) in [6.07, 6.45) is 4.53. The Balaban J connectivity index is 2.20. The zero-order chi connectivity index (χ0) is 18.7. The van der Waals surface area contributed by atoms with Gasteiger partial charge in [-0.2, -0.15) is 0 Å². The lowest BCUT2D eigenvalue weighted by molar-refractivity contribution is 0.319. The van der Waals surface area contributed by atoms with Gasteiger partial charge in [-0.1, -0.05) is 5.16 Å². The fraction of sp³-hybridized carbons (Fsp3) is 0.105. The quantitative estimate of drug-likeness (QED) is 0.437. The van der Waals surface area contributed by atoms with Gasteiger partial charge >= 0.3 is 0 Å². The molecule has 0 aliphatic carbocycles. The van der Waals surface area contributed by atoms with E-state index in [1.54, 1.807) is 12.3 Å². The molecule has 0 saturated carbocycles. The molecule has 1 N–H and O–H groups in total. The summed E-state index contributed by atoms with van der Waals surface area (Å²) in [6.45, 7) is 1.83. The van der Waals surface area contributed by atoms with E-state index in [9.17, 15) is 9.60 Å². The first-order valence-electron chi connectivity index (χ1n) is 7.68. The van der Waals surface area contributed by atoms with E-state index in [1.807, 2.05) is 6.92 Å². The molecular weight excluding hydrogens is 340 g/mol. The van der Waals surface area contributed by atoms with Crippen molar-refractivity contribution in [3.05, 3.63) is 77.4 Å². The maximum Gasteiger partial charge on any atom is 0.159 e. The molecule has 7 heteroatoms. The Hall–Kier alpha value is -3.35. The molecule has 0 radical (unpaired) electrons. The van der Waals surface area contributed by atoms with E-state index in [4.69, 9.17) is 4.74 Å². The Morgan fingerprint density at radius 3 is 2.62 bits per heavy atom. The van der Waals surface area contributed by atoms with E-state index in [-0.39, 0.29) is 28.3 Å². The Labute approximate surface area is 148 Å². The molecule has 5 nitrogen and oxygen atoms in total. The number of oxime groups is 1. The summed E-state index contributed by atoms with van der Waals surface area (Å²) in [6, 6.07) is 6.91. The van der Waals surface area contributed by atoms with E-state index in [0.29, 0.717) is 5.56 Å². The van der Waals surface area contributed by atoms with Gasteiger partial charge in [0.25, 0.3) is 0 Å². The van der Waals surface area contributed by atoms with Crippen molar-refractivity contribution in [3.63, 3.8) is 0 Å². The third-order valence-electron chi connectivity index (χ3n) is 3.96. The monoisotopic (exact) mass is 355 g/mol. The molecule has 2 aromatic heterocycles. The molecule has 0 bridgehead atoms. The Kier molecular flexibility index (Phi) is 4.88. The van der Waals surface area contributed by atoms with Gasteiger partial charge in [0.2, 0.25) is 0 Å². The highest BCUT2D eigenvalue weighted by molar-refractivity contribution is 6.13. The van der Waals surface area contributed by atoms with Gasteiger partial charge in [0.05, 0.1) is 12.7 Å². The number of rotatable bonds is 4. The number of pyridine rings is 2. The highest BCUT2D eigenvalue weighted by Gasteiger charge is 2.22. The normalized spacial score (nSPS) is 11.5. The first-order valence-corrected chi connectivity index (χ1v) is 7.68. The van der Waals surface area contributed by atoms with E-state index in [2.05, 4.69) is 15.1 Å². The Morgan fingerprint density at radius 2 is 1.92 bits per heavy atom. The number of halogens is 2. The largest absolute Gasteiger partial charge is 0.496 e. The number of hydrogen-bond acceptors (Lipinski definition) is 5. The Morgan fingerprint density at radius 1 is 1.12 bits per heavy atom. The summed E-state index contributed by atoms with van der Waals surface area (Å²) < 4.78 is 34.0. The van der Waals surface area contributed by atoms with Crippen molar-refractivity contribution in [3.8, 4) is 16.9 Å². The molecule has 0 amide bonds. The maximum atomic E-state index is 15.2. The van der Waals surface area contributed by atoms with Crippen LogP contribution < -0.4 is 4.74 Å². The van der Waals surface area contributed by atoms with Crippen LogP contribution in [0, 0.1) is 18.6 Å². The summed E-state index contributed by atoms with van der Waals surface area (Å²) in [7, 11) is 1.38. The molecule has 26 heavy (non-hydrogen) atoms. The number of ether oxygens (including phenoxy) is 1. The number of methoxy groups -OCH3 is 1. The van der Waals surface area contributed by atoms with E-state index in [1.165, 1.54) is 37.7 Å². The minimum Gasteiger partial charge on any atom is -0.496 e. The van der Waals surface area contributed by atoms with Crippen LogP contribution in [-0.4, -0.2) is 28.0 Å². The van der Waals surface area contributed by atoms with Gasteiger partial charge in [0.15, 0.2) is 5.82 Å². The van der Waals surface area contributed by atoms with Crippen LogP contribution in [0.2, 0.25) is 0 Å². The highest BCUT2D eigenvalue weighted by atomic mass is 19.1. The van der Waals surface area contributed by atoms with Gasteiger partial charge in [-0.25, -0.2) is 8.78 Å². The number of aromatic nitrogens is 2. The maximum absolute atomic E-state index is 15.2. The van der Waals surface area contributed by atoms with Gasteiger partial charge in [0, 0.05) is 29.7 Å². The van der Waals surface area contributed by atoms with E-state index >= 15 is 4.39 Å². The zero-order valence-corrected chi connectivity index (χ0v) is 14.1. The highest BCUT2D eigenvalue weighted by Crippen LogP contribution is 2.29. The van der Waals surface area contributed by atoms with Gasteiger partial charge in [-0.3, -0.25) is 9.97 Å². The number of hydrogen-bond donors (Lipinski definition) is 1. The second-order valence-corrected chi connectivity index (χ2v) is 5.50. The van der Waals surface area contributed by atoms with Crippen molar-refractivity contribution in [1.82, 2.24) is 9.97 Å². The topological polar surface area (TPSA) is 67.6 Å². The summed E-state index contributed by atoms with van der Waals surface area (Å²) in [4.78, 5) is 8.00. The van der Waals surface area contributed by atoms with Crippen molar-refractivity contribution in [1.29, 1.82) is 0 Å². The van der Waals surface area contributed by atoms with Gasteiger partial charge in [-0.05, 0) is 42.8 Å². The van der Waals surface area contributed by atoms with Crippen molar-refractivity contribution in [2.75, 3.05) is 7.11 Å². The third-order valence-corrected chi connectivity index (χ3v) is 3.96. The van der Waals surface area contributed by atoms with Gasteiger partial charge < -0.3 is 9.94 Å². The van der Waals surface area contributed by atoms with Crippen molar-refractivity contribution < 1.29 is 18.7 Å².